The minimum Gasteiger partial charge on any atom is -0.497 e. The van der Waals surface area contributed by atoms with E-state index in [1.165, 1.54) is 0 Å². The summed E-state index contributed by atoms with van der Waals surface area (Å²) >= 11 is 5.85. The number of thiocarbonyl (C=S) groups is 1. The van der Waals surface area contributed by atoms with Gasteiger partial charge in [0.15, 0.2) is 5.11 Å². The highest BCUT2D eigenvalue weighted by Gasteiger charge is 2.41. The number of aromatic nitrogens is 2. The Balaban J connectivity index is 1.46. The second kappa shape index (κ2) is 11.9. The number of carbonyl (C=O) groups is 1. The number of ether oxygens (including phenoxy) is 1. The van der Waals surface area contributed by atoms with E-state index in [-0.39, 0.29) is 18.0 Å². The molecule has 1 amide bonds. The van der Waals surface area contributed by atoms with Crippen LogP contribution in [0.4, 0.5) is 5.69 Å². The Bertz CT molecular complexity index is 1500. The number of benzene rings is 2. The van der Waals surface area contributed by atoms with Gasteiger partial charge >= 0.3 is 0 Å². The molecule has 1 aliphatic heterocycles. The van der Waals surface area contributed by atoms with Crippen LogP contribution in [-0.2, 0) is 11.2 Å². The van der Waals surface area contributed by atoms with E-state index in [0.717, 1.165) is 51.8 Å². The van der Waals surface area contributed by atoms with Crippen LogP contribution in [-0.4, -0.2) is 39.1 Å². The van der Waals surface area contributed by atoms with Gasteiger partial charge in [0.05, 0.1) is 24.9 Å². The third-order valence-electron chi connectivity index (χ3n) is 7.57. The van der Waals surface area contributed by atoms with Crippen LogP contribution in [0.2, 0.25) is 0 Å². The topological polar surface area (TPSA) is 71.4 Å². The van der Waals surface area contributed by atoms with Crippen molar-refractivity contribution in [1.29, 1.82) is 0 Å². The standard InChI is InChI=1S/C32H35N5O2S/c1-5-23-10-6-7-11-27(23)34-29(38)17-19-36-31(30(35-32(36)40)28-12-8-9-18-33-28)26-20-21(2)37(22(26)3)24-13-15-25(39-4)16-14-24/h6-16,18,20,30-31H,5,17,19H2,1-4H3,(H,34,38)(H,35,40)/t30-,31+/m1/s1. The number of nitrogens with zero attached hydrogens (tertiary/aromatic N) is 3. The summed E-state index contributed by atoms with van der Waals surface area (Å²) in [6.45, 7) is 6.81. The molecular weight excluding hydrogens is 518 g/mol. The van der Waals surface area contributed by atoms with Gasteiger partial charge in [-0.15, -0.1) is 0 Å². The maximum atomic E-state index is 13.1. The summed E-state index contributed by atoms with van der Waals surface area (Å²) in [5.41, 5.74) is 7.33. The second-order valence-electron chi connectivity index (χ2n) is 9.99. The van der Waals surface area contributed by atoms with Crippen molar-refractivity contribution in [1.82, 2.24) is 19.8 Å². The quantitative estimate of drug-likeness (QED) is 0.246. The molecule has 1 saturated heterocycles. The van der Waals surface area contributed by atoms with E-state index in [9.17, 15) is 4.79 Å². The molecule has 4 aromatic rings. The maximum absolute atomic E-state index is 13.1. The summed E-state index contributed by atoms with van der Waals surface area (Å²) in [5.74, 6) is 0.783. The number of methoxy groups -OCH3 is 1. The molecule has 0 saturated carbocycles. The number of nitrogens with one attached hydrogen (secondary N) is 2. The van der Waals surface area contributed by atoms with E-state index < -0.39 is 0 Å². The van der Waals surface area contributed by atoms with Crippen molar-refractivity contribution in [3.8, 4) is 11.4 Å². The Hall–Kier alpha value is -4.17. The van der Waals surface area contributed by atoms with Gasteiger partial charge in [0.2, 0.25) is 5.91 Å². The molecule has 206 valence electrons. The fourth-order valence-corrected chi connectivity index (χ4v) is 5.92. The fraction of sp³-hybridized carbons (Fsp3) is 0.281. The van der Waals surface area contributed by atoms with E-state index in [1.54, 1.807) is 13.3 Å². The third kappa shape index (κ3) is 5.45. The van der Waals surface area contributed by atoms with Gasteiger partial charge in [-0.1, -0.05) is 31.2 Å². The van der Waals surface area contributed by atoms with Crippen molar-refractivity contribution in [2.45, 2.75) is 45.7 Å². The van der Waals surface area contributed by atoms with E-state index >= 15 is 0 Å². The largest absolute Gasteiger partial charge is 0.497 e. The molecule has 8 heteroatoms. The monoisotopic (exact) mass is 553 g/mol. The van der Waals surface area contributed by atoms with Crippen molar-refractivity contribution in [2.24, 2.45) is 0 Å². The van der Waals surface area contributed by atoms with Gasteiger partial charge in [0, 0.05) is 41.9 Å². The van der Waals surface area contributed by atoms with Crippen LogP contribution < -0.4 is 15.4 Å². The van der Waals surface area contributed by atoms with Crippen molar-refractivity contribution >= 4 is 28.9 Å². The van der Waals surface area contributed by atoms with Crippen molar-refractivity contribution < 1.29 is 9.53 Å². The van der Waals surface area contributed by atoms with Crippen LogP contribution in [0.1, 0.15) is 53.6 Å². The molecule has 0 radical (unpaired) electrons. The van der Waals surface area contributed by atoms with Gasteiger partial charge in [-0.2, -0.15) is 0 Å². The molecule has 7 nitrogen and oxygen atoms in total. The molecule has 3 heterocycles. The summed E-state index contributed by atoms with van der Waals surface area (Å²) in [7, 11) is 1.67. The van der Waals surface area contributed by atoms with Crippen molar-refractivity contribution in [2.75, 3.05) is 19.0 Å². The van der Waals surface area contributed by atoms with Crippen LogP contribution in [0.5, 0.6) is 5.75 Å². The Morgan fingerprint density at radius 2 is 1.82 bits per heavy atom. The lowest BCUT2D eigenvalue weighted by atomic mass is 9.96. The van der Waals surface area contributed by atoms with Crippen LogP contribution >= 0.6 is 12.2 Å². The maximum Gasteiger partial charge on any atom is 0.226 e. The van der Waals surface area contributed by atoms with E-state index in [1.807, 2.05) is 54.6 Å². The average Bonchev–Trinajstić information content (AvgIpc) is 3.46. The number of anilines is 1. The Morgan fingerprint density at radius 3 is 2.52 bits per heavy atom. The van der Waals surface area contributed by atoms with Gasteiger partial charge in [-0.05, 0) is 92.1 Å². The van der Waals surface area contributed by atoms with Crippen LogP contribution in [0.25, 0.3) is 5.69 Å². The first kappa shape index (κ1) is 27.4. The number of amides is 1. The van der Waals surface area contributed by atoms with Crippen LogP contribution in [0.3, 0.4) is 0 Å². The number of aryl methyl sites for hydroxylation is 2. The molecule has 1 aliphatic rings. The lowest BCUT2D eigenvalue weighted by molar-refractivity contribution is -0.116. The minimum atomic E-state index is -0.151. The second-order valence-corrected chi connectivity index (χ2v) is 10.4. The minimum absolute atomic E-state index is 0.0348. The summed E-state index contributed by atoms with van der Waals surface area (Å²) in [5, 5.41) is 7.23. The molecule has 1 fully saturated rings. The number of pyridine rings is 1. The third-order valence-corrected chi connectivity index (χ3v) is 7.92. The summed E-state index contributed by atoms with van der Waals surface area (Å²) < 4.78 is 7.61. The highest BCUT2D eigenvalue weighted by molar-refractivity contribution is 7.80. The first-order valence-electron chi connectivity index (χ1n) is 13.6. The van der Waals surface area contributed by atoms with E-state index in [0.29, 0.717) is 18.1 Å². The van der Waals surface area contributed by atoms with Crippen LogP contribution in [0, 0.1) is 13.8 Å². The number of hydrogen-bond acceptors (Lipinski definition) is 4. The number of para-hydroxylation sites is 1. The first-order valence-corrected chi connectivity index (χ1v) is 14.0. The molecule has 40 heavy (non-hydrogen) atoms. The molecule has 0 spiro atoms. The highest BCUT2D eigenvalue weighted by Crippen LogP contribution is 2.41. The zero-order chi connectivity index (χ0) is 28.2. The molecule has 0 aliphatic carbocycles. The zero-order valence-corrected chi connectivity index (χ0v) is 24.2. The zero-order valence-electron chi connectivity index (χ0n) is 23.3. The molecule has 2 aromatic heterocycles. The van der Waals surface area contributed by atoms with Gasteiger partial charge in [-0.3, -0.25) is 9.78 Å². The normalized spacial score (nSPS) is 16.6. The van der Waals surface area contributed by atoms with Crippen molar-refractivity contribution in [3.63, 3.8) is 0 Å². The number of hydrogen-bond donors (Lipinski definition) is 2. The fourth-order valence-electron chi connectivity index (χ4n) is 5.59. The van der Waals surface area contributed by atoms with Crippen LogP contribution in [0.15, 0.2) is 79.0 Å². The van der Waals surface area contributed by atoms with Gasteiger partial charge in [0.25, 0.3) is 0 Å². The van der Waals surface area contributed by atoms with Crippen molar-refractivity contribution in [3.05, 3.63) is 107 Å². The van der Waals surface area contributed by atoms with E-state index in [2.05, 4.69) is 64.1 Å². The van der Waals surface area contributed by atoms with Gasteiger partial charge in [-0.25, -0.2) is 0 Å². The molecular formula is C32H35N5O2S. The lowest BCUT2D eigenvalue weighted by Crippen LogP contribution is -2.33. The Morgan fingerprint density at radius 1 is 1.07 bits per heavy atom. The molecule has 2 atom stereocenters. The van der Waals surface area contributed by atoms with Gasteiger partial charge < -0.3 is 24.8 Å². The number of carbonyl (C=O) groups excluding carboxylic acids is 1. The SMILES string of the molecule is CCc1ccccc1NC(=O)CCN1C(=S)N[C@H](c2ccccn2)[C@@H]1c1cc(C)n(-c2ccc(OC)cc2)c1C. The smallest absolute Gasteiger partial charge is 0.226 e. The Labute approximate surface area is 241 Å². The summed E-state index contributed by atoms with van der Waals surface area (Å²) in [6, 6.07) is 23.9. The Kier molecular flexibility index (Phi) is 8.16. The first-order chi connectivity index (χ1) is 19.4. The predicted molar refractivity (Wildman–Crippen MR) is 163 cm³/mol. The molecule has 2 N–H and O–H groups in total. The summed E-state index contributed by atoms with van der Waals surface area (Å²) in [6.07, 6.45) is 2.97. The molecule has 0 bridgehead atoms. The predicted octanol–water partition coefficient (Wildman–Crippen LogP) is 6.06. The molecule has 0 unspecified atom stereocenters. The lowest BCUT2D eigenvalue weighted by Gasteiger charge is -2.28. The summed E-state index contributed by atoms with van der Waals surface area (Å²) in [4.78, 5) is 19.9. The highest BCUT2D eigenvalue weighted by atomic mass is 32.1. The van der Waals surface area contributed by atoms with E-state index in [4.69, 9.17) is 17.0 Å². The molecule has 2 aromatic carbocycles. The average molecular weight is 554 g/mol. The number of rotatable bonds is 9. The molecule has 5 rings (SSSR count). The van der Waals surface area contributed by atoms with Gasteiger partial charge in [0.1, 0.15) is 5.75 Å².